The summed E-state index contributed by atoms with van der Waals surface area (Å²) in [4.78, 5) is 76.6. The number of nitrogens with zero attached hydrogens (tertiary/aromatic N) is 4. The Balaban J connectivity index is 0.971. The lowest BCUT2D eigenvalue weighted by atomic mass is 9.91. The van der Waals surface area contributed by atoms with Crippen LogP contribution in [0.4, 0.5) is 9.59 Å². The average molecular weight is 940 g/mol. The average Bonchev–Trinajstić information content (AvgIpc) is 4.18. The minimum absolute atomic E-state index is 0.0230. The zero-order chi connectivity index (χ0) is 48.5. The third-order valence-corrected chi connectivity index (χ3v) is 14.8. The number of alkyl carbamates (subject to hydrolysis) is 1. The van der Waals surface area contributed by atoms with Crippen molar-refractivity contribution in [1.82, 2.24) is 35.1 Å². The van der Waals surface area contributed by atoms with Crippen molar-refractivity contribution in [3.8, 4) is 28.1 Å². The van der Waals surface area contributed by atoms with Crippen LogP contribution in [0.15, 0.2) is 72.5 Å². The van der Waals surface area contributed by atoms with Crippen LogP contribution in [0.2, 0.25) is 0 Å². The number of fused-ring (bicyclic) bond motifs is 6. The Hall–Kier alpha value is -6.81. The summed E-state index contributed by atoms with van der Waals surface area (Å²) in [5.41, 5.74) is 7.69. The van der Waals surface area contributed by atoms with E-state index in [0.717, 1.165) is 80.3 Å². The second-order valence-electron chi connectivity index (χ2n) is 19.1. The third kappa shape index (κ3) is 9.38. The van der Waals surface area contributed by atoms with Gasteiger partial charge in [-0.25, -0.2) is 14.8 Å². The maximum Gasteiger partial charge on any atom is 0.594 e. The molecule has 16 nitrogen and oxygen atoms in total. The van der Waals surface area contributed by atoms with Crippen LogP contribution >= 0.6 is 0 Å². The molecule has 0 saturated carbocycles. The first-order valence-corrected chi connectivity index (χ1v) is 24.3. The Kier molecular flexibility index (Phi) is 13.7. The van der Waals surface area contributed by atoms with E-state index >= 15 is 0 Å². The van der Waals surface area contributed by atoms with Crippen LogP contribution in [0, 0.1) is 23.7 Å². The third-order valence-electron chi connectivity index (χ3n) is 14.8. The van der Waals surface area contributed by atoms with E-state index in [1.54, 1.807) is 6.21 Å². The molecule has 0 bridgehead atoms. The zero-order valence-electron chi connectivity index (χ0n) is 40.5. The summed E-state index contributed by atoms with van der Waals surface area (Å²) in [5.74, 6) is 1.35. The number of aromatic amines is 2. The van der Waals surface area contributed by atoms with Gasteiger partial charge in [-0.1, -0.05) is 77.0 Å². The molecule has 362 valence electrons. The number of rotatable bonds is 15. The smallest absolute Gasteiger partial charge is 0.488 e. The highest BCUT2D eigenvalue weighted by Crippen LogP contribution is 2.44. The summed E-state index contributed by atoms with van der Waals surface area (Å²) in [5, 5.41) is 4.73. The van der Waals surface area contributed by atoms with Crippen LogP contribution in [0.5, 0.6) is 5.75 Å². The fourth-order valence-corrected chi connectivity index (χ4v) is 10.3. The van der Waals surface area contributed by atoms with E-state index < -0.39 is 24.1 Å². The second-order valence-corrected chi connectivity index (χ2v) is 19.1. The number of carbonyl (C=O) groups excluding carboxylic acids is 4. The van der Waals surface area contributed by atoms with Gasteiger partial charge in [0.15, 0.2) is 6.21 Å². The Morgan fingerprint density at radius 1 is 0.957 bits per heavy atom. The van der Waals surface area contributed by atoms with Gasteiger partial charge in [0, 0.05) is 29.5 Å². The van der Waals surface area contributed by atoms with Crippen LogP contribution in [0.25, 0.3) is 44.2 Å². The zero-order valence-corrected chi connectivity index (χ0v) is 40.5. The molecule has 0 spiro atoms. The lowest BCUT2D eigenvalue weighted by Crippen LogP contribution is -2.75. The van der Waals surface area contributed by atoms with Crippen molar-refractivity contribution in [2.24, 2.45) is 23.7 Å². The van der Waals surface area contributed by atoms with Gasteiger partial charge in [-0.05, 0) is 89.9 Å². The summed E-state index contributed by atoms with van der Waals surface area (Å²) in [6.07, 6.45) is 11.9. The molecule has 3 aromatic carbocycles. The number of benzene rings is 3. The molecule has 4 N–H and O–H groups in total. The maximum atomic E-state index is 14.5. The molecule has 2 fully saturated rings. The molecule has 0 radical (unpaired) electrons. The summed E-state index contributed by atoms with van der Waals surface area (Å²) in [7, 11) is 2.61. The number of nitrogens with one attached hydrogen (secondary N) is 4. The molecule has 2 saturated heterocycles. The van der Waals surface area contributed by atoms with Crippen molar-refractivity contribution in [3.05, 3.63) is 89.7 Å². The first-order valence-electron chi connectivity index (χ1n) is 24.3. The van der Waals surface area contributed by atoms with E-state index in [2.05, 4.69) is 56.7 Å². The van der Waals surface area contributed by atoms with Gasteiger partial charge in [-0.2, -0.15) is 4.79 Å². The number of carbonyl (C=O) groups is 4. The Morgan fingerprint density at radius 2 is 1.77 bits per heavy atom. The van der Waals surface area contributed by atoms with E-state index in [1.807, 2.05) is 74.9 Å². The van der Waals surface area contributed by atoms with Crippen LogP contribution in [-0.2, 0) is 30.4 Å². The second kappa shape index (κ2) is 20.0. The number of ether oxygens (including phenoxy) is 4. The highest BCUT2D eigenvalue weighted by Gasteiger charge is 2.43. The van der Waals surface area contributed by atoms with Gasteiger partial charge >= 0.3 is 12.2 Å². The van der Waals surface area contributed by atoms with Crippen LogP contribution < -0.4 is 15.0 Å². The Labute approximate surface area is 401 Å². The summed E-state index contributed by atoms with van der Waals surface area (Å²) in [6, 6.07) is 13.4. The fraction of sp³-hybridized carbons (Fsp3) is 0.453. The molecule has 9 rings (SSSR count). The van der Waals surface area contributed by atoms with Crippen molar-refractivity contribution in [2.75, 3.05) is 34.0 Å². The number of H-pyrrole nitrogens is 2. The van der Waals surface area contributed by atoms with Crippen molar-refractivity contribution < 1.29 is 43.1 Å². The maximum absolute atomic E-state index is 14.5. The SMILES string of the molecule is CC[C@H](C)C(/C=[NH+]/C(=O)OC)C(=O)N1C[C@@H](COCC2=CC=C2)C[C@H]1c1nc2c(ccc3cc4c(cc32)OCc2cc(-c3cnc([C@@H]5CC[C@H](C)N5C(=O)[C@@H](NC(=O)OC)[C@@H](C)CC)[nH]3)ccc2-4)[nH]1. The predicted octanol–water partition coefficient (Wildman–Crippen LogP) is 7.47. The number of methoxy groups -OCH3 is 2. The van der Waals surface area contributed by atoms with E-state index in [0.29, 0.717) is 50.9 Å². The Bertz CT molecular complexity index is 2860. The Morgan fingerprint density at radius 3 is 2.51 bits per heavy atom. The normalized spacial score (nSPS) is 21.3. The van der Waals surface area contributed by atoms with E-state index in [9.17, 15) is 19.2 Å². The first-order chi connectivity index (χ1) is 33.4. The predicted molar refractivity (Wildman–Crippen MR) is 261 cm³/mol. The standard InChI is InChI=1S/C53H62N8O8/c1-8-29(3)40(23-55-52(64)66-6)50(62)60-25-33(27-68-26-32-11-10-12-32)19-44(60)49-56-41-17-15-34-21-39-37-16-14-35(20-36(37)28-69-45(39)22-38(34)47(41)58-49)42-24-54-48(57-42)43-18-13-31(5)61(43)51(63)46(30(4)9-2)59-53(65)67-7/h10-12,14-17,20-24,29-31,33,40,43-44,46H,8-9,13,18-19,25-28H2,1-7H3,(H,54,57)(H,56,58)(H,59,65)/p+1/b55-23+/t29-,30-,31-,33-,40?,43-,44-,46-/m0/s1. The van der Waals surface area contributed by atoms with Crippen LogP contribution in [0.3, 0.4) is 0 Å². The van der Waals surface area contributed by atoms with E-state index in [-0.39, 0.29) is 47.7 Å². The lowest BCUT2D eigenvalue weighted by Gasteiger charge is -2.33. The van der Waals surface area contributed by atoms with Gasteiger partial charge in [0.1, 0.15) is 36.0 Å². The van der Waals surface area contributed by atoms with Crippen molar-refractivity contribution in [2.45, 2.75) is 97.5 Å². The topological polar surface area (TPSA) is 195 Å². The first kappa shape index (κ1) is 47.3. The van der Waals surface area contributed by atoms with E-state index in [4.69, 9.17) is 28.9 Å². The molecule has 3 aliphatic heterocycles. The minimum atomic E-state index is -0.711. The van der Waals surface area contributed by atoms with Crippen molar-refractivity contribution >= 4 is 52.0 Å². The summed E-state index contributed by atoms with van der Waals surface area (Å²) < 4.78 is 22.3. The highest BCUT2D eigenvalue weighted by molar-refractivity contribution is 6.07. The number of imidazole rings is 2. The summed E-state index contributed by atoms with van der Waals surface area (Å²) >= 11 is 0. The van der Waals surface area contributed by atoms with Gasteiger partial charge in [0.2, 0.25) is 11.8 Å². The molecule has 5 aromatic rings. The van der Waals surface area contributed by atoms with Gasteiger partial charge in [-0.3, -0.25) is 9.59 Å². The monoisotopic (exact) mass is 939 g/mol. The number of allylic oxidation sites excluding steroid dienone is 2. The lowest BCUT2D eigenvalue weighted by molar-refractivity contribution is -0.363. The molecule has 4 amide bonds. The van der Waals surface area contributed by atoms with Gasteiger partial charge in [-0.15, -0.1) is 4.99 Å². The molecule has 4 aliphatic rings. The fourth-order valence-electron chi connectivity index (χ4n) is 10.3. The number of hydrogen-bond donors (Lipinski definition) is 4. The van der Waals surface area contributed by atoms with Gasteiger partial charge in [0.25, 0.3) is 0 Å². The highest BCUT2D eigenvalue weighted by atomic mass is 16.5. The molecule has 1 aliphatic carbocycles. The molecule has 2 aromatic heterocycles. The molecule has 8 atom stereocenters. The number of likely N-dealkylation sites (tertiary alicyclic amines) is 2. The molecule has 16 heteroatoms. The quantitative estimate of drug-likeness (QED) is 0.0765. The van der Waals surface area contributed by atoms with Gasteiger partial charge < -0.3 is 44.0 Å². The van der Waals surface area contributed by atoms with Gasteiger partial charge in [0.05, 0.1) is 62.4 Å². The molecule has 69 heavy (non-hydrogen) atoms. The summed E-state index contributed by atoms with van der Waals surface area (Å²) in [6.45, 7) is 11.9. The minimum Gasteiger partial charge on any atom is -0.488 e. The number of amides is 4. The number of hydrogen-bond acceptors (Lipinski definition) is 10. The molecule has 1 unspecified atom stereocenters. The largest absolute Gasteiger partial charge is 0.594 e. The number of aromatic nitrogens is 4. The molecule has 5 heterocycles. The van der Waals surface area contributed by atoms with Crippen molar-refractivity contribution in [3.63, 3.8) is 0 Å². The van der Waals surface area contributed by atoms with Crippen LogP contribution in [-0.4, -0.2) is 106 Å². The van der Waals surface area contributed by atoms with E-state index in [1.165, 1.54) is 14.2 Å². The van der Waals surface area contributed by atoms with Crippen molar-refractivity contribution in [1.29, 1.82) is 0 Å². The van der Waals surface area contributed by atoms with Crippen LogP contribution in [0.1, 0.15) is 96.0 Å². The molecular formula is C53H63N8O8+. The molecular weight excluding hydrogens is 877 g/mol.